The predicted octanol–water partition coefficient (Wildman–Crippen LogP) is 3.60. The molecule has 2 rings (SSSR count). The van der Waals surface area contributed by atoms with Gasteiger partial charge in [0.05, 0.1) is 13.3 Å². The van der Waals surface area contributed by atoms with Gasteiger partial charge in [-0.3, -0.25) is 10.2 Å². The molecule has 0 fully saturated rings. The summed E-state index contributed by atoms with van der Waals surface area (Å²) in [5.74, 6) is 0.651. The molecule has 2 aromatic carbocycles. The van der Waals surface area contributed by atoms with Crippen LogP contribution in [-0.2, 0) is 4.79 Å². The van der Waals surface area contributed by atoms with Gasteiger partial charge < -0.3 is 20.1 Å². The van der Waals surface area contributed by atoms with Crippen LogP contribution in [0.15, 0.2) is 46.0 Å². The molecule has 154 valence electrons. The molecule has 1 amide bonds. The molecule has 0 bridgehead atoms. The number of amides is 1. The van der Waals surface area contributed by atoms with Crippen molar-refractivity contribution < 1.29 is 14.3 Å². The minimum Gasteiger partial charge on any atom is -0.493 e. The average molecular weight is 479 g/mol. The number of ether oxygens (including phenoxy) is 2. The van der Waals surface area contributed by atoms with Crippen LogP contribution in [0.5, 0.6) is 11.5 Å². The van der Waals surface area contributed by atoms with Crippen molar-refractivity contribution in [2.75, 3.05) is 25.6 Å². The first-order valence-corrected chi connectivity index (χ1v) is 10.1. The van der Waals surface area contributed by atoms with Crippen molar-refractivity contribution >= 4 is 51.1 Å². The van der Waals surface area contributed by atoms with E-state index in [0.29, 0.717) is 28.8 Å². The van der Waals surface area contributed by atoms with Gasteiger partial charge in [0.25, 0.3) is 5.91 Å². The normalized spacial score (nSPS) is 10.5. The summed E-state index contributed by atoms with van der Waals surface area (Å²) in [7, 11) is 1.53. The molecule has 3 N–H and O–H groups in total. The lowest BCUT2D eigenvalue weighted by Crippen LogP contribution is -2.31. The maximum atomic E-state index is 12.1. The van der Waals surface area contributed by atoms with Gasteiger partial charge in [0.1, 0.15) is 0 Å². The summed E-state index contributed by atoms with van der Waals surface area (Å²) in [5.41, 5.74) is 5.31. The summed E-state index contributed by atoms with van der Waals surface area (Å²) in [6, 6.07) is 11.0. The molecule has 0 spiro atoms. The van der Waals surface area contributed by atoms with Crippen LogP contribution in [0.25, 0.3) is 0 Å². The van der Waals surface area contributed by atoms with Crippen molar-refractivity contribution in [3.63, 3.8) is 0 Å². The molecule has 0 aliphatic rings. The number of methoxy groups -OCH3 is 1. The van der Waals surface area contributed by atoms with Gasteiger partial charge in [-0.1, -0.05) is 17.7 Å². The number of rotatable bonds is 8. The second-order valence-electron chi connectivity index (χ2n) is 5.96. The Balaban J connectivity index is 2.00. The average Bonchev–Trinajstić information content (AvgIpc) is 2.69. The lowest BCUT2D eigenvalue weighted by molar-refractivity contribution is -0.118. The van der Waals surface area contributed by atoms with Gasteiger partial charge in [-0.25, -0.2) is 0 Å². The number of nitrogens with one attached hydrogen (secondary N) is 3. The lowest BCUT2D eigenvalue weighted by Gasteiger charge is -2.13. The van der Waals surface area contributed by atoms with E-state index in [4.69, 9.17) is 21.7 Å². The van der Waals surface area contributed by atoms with Gasteiger partial charge >= 0.3 is 0 Å². The van der Waals surface area contributed by atoms with Crippen molar-refractivity contribution in [3.05, 3.63) is 52.0 Å². The van der Waals surface area contributed by atoms with E-state index in [-0.39, 0.29) is 12.5 Å². The second kappa shape index (κ2) is 11.4. The molecule has 0 radical (unpaired) electrons. The van der Waals surface area contributed by atoms with Crippen molar-refractivity contribution in [1.29, 1.82) is 0 Å². The second-order valence-corrected chi connectivity index (χ2v) is 7.22. The molecule has 7 nitrogen and oxygen atoms in total. The molecule has 0 unspecified atom stereocenters. The van der Waals surface area contributed by atoms with Crippen molar-refractivity contribution in [2.45, 2.75) is 13.8 Å². The summed E-state index contributed by atoms with van der Waals surface area (Å²) >= 11 is 8.52. The van der Waals surface area contributed by atoms with E-state index >= 15 is 0 Å². The fraction of sp³-hybridized carbons (Fsp3) is 0.250. The highest BCUT2D eigenvalue weighted by molar-refractivity contribution is 9.10. The molecule has 0 atom stereocenters. The standard InChI is InChI=1S/C20H23BrN4O3S/c1-4-22-20(29)25-23-11-14-9-17(27-3)18(10-16(14)21)28-12-19(26)24-15-7-5-13(2)6-8-15/h5-11H,4,12H2,1-3H3,(H,24,26)(H2,22,25,29). The summed E-state index contributed by atoms with van der Waals surface area (Å²) in [6.07, 6.45) is 1.60. The van der Waals surface area contributed by atoms with Gasteiger partial charge in [-0.15, -0.1) is 0 Å². The zero-order valence-electron chi connectivity index (χ0n) is 16.4. The molecule has 0 aromatic heterocycles. The number of hydrogen-bond donors (Lipinski definition) is 3. The van der Waals surface area contributed by atoms with Crippen molar-refractivity contribution in [1.82, 2.24) is 10.7 Å². The number of carbonyl (C=O) groups is 1. The first kappa shape index (κ1) is 22.6. The Bertz CT molecular complexity index is 888. The monoisotopic (exact) mass is 478 g/mol. The van der Waals surface area contributed by atoms with Crippen LogP contribution in [0.2, 0.25) is 0 Å². The Morgan fingerprint density at radius 2 is 1.97 bits per heavy atom. The maximum absolute atomic E-state index is 12.1. The summed E-state index contributed by atoms with van der Waals surface area (Å²) in [4.78, 5) is 12.1. The van der Waals surface area contributed by atoms with Crippen LogP contribution in [0.4, 0.5) is 5.69 Å². The number of anilines is 1. The Hall–Kier alpha value is -2.65. The van der Waals surface area contributed by atoms with Crippen LogP contribution in [0.3, 0.4) is 0 Å². The van der Waals surface area contributed by atoms with Crippen LogP contribution in [0, 0.1) is 6.92 Å². The molecule has 0 aliphatic carbocycles. The fourth-order valence-electron chi connectivity index (χ4n) is 2.26. The van der Waals surface area contributed by atoms with E-state index in [1.165, 1.54) is 7.11 Å². The number of halogens is 1. The third-order valence-corrected chi connectivity index (χ3v) is 4.61. The number of aryl methyl sites for hydroxylation is 1. The number of nitrogens with zero attached hydrogens (tertiary/aromatic N) is 1. The highest BCUT2D eigenvalue weighted by atomic mass is 79.9. The smallest absolute Gasteiger partial charge is 0.262 e. The minimum absolute atomic E-state index is 0.150. The Morgan fingerprint density at radius 1 is 1.24 bits per heavy atom. The first-order valence-electron chi connectivity index (χ1n) is 8.86. The third kappa shape index (κ3) is 7.35. The van der Waals surface area contributed by atoms with E-state index in [1.54, 1.807) is 18.3 Å². The molecule has 0 saturated heterocycles. The van der Waals surface area contributed by atoms with E-state index in [0.717, 1.165) is 15.6 Å². The SMILES string of the molecule is CCNC(=S)NN=Cc1cc(OC)c(OCC(=O)Nc2ccc(C)cc2)cc1Br. The Labute approximate surface area is 184 Å². The van der Waals surface area contributed by atoms with Crippen molar-refractivity contribution in [2.24, 2.45) is 5.10 Å². The molecular weight excluding hydrogens is 456 g/mol. The number of hydrazone groups is 1. The highest BCUT2D eigenvalue weighted by Gasteiger charge is 2.12. The minimum atomic E-state index is -0.265. The van der Waals surface area contributed by atoms with Crippen molar-refractivity contribution in [3.8, 4) is 11.5 Å². The van der Waals surface area contributed by atoms with Crippen LogP contribution in [0.1, 0.15) is 18.1 Å². The quantitative estimate of drug-likeness (QED) is 0.305. The zero-order valence-corrected chi connectivity index (χ0v) is 18.8. The molecule has 0 heterocycles. The number of carbonyl (C=O) groups excluding carboxylic acids is 1. The molecular formula is C20H23BrN4O3S. The Morgan fingerprint density at radius 3 is 2.62 bits per heavy atom. The summed E-state index contributed by atoms with van der Waals surface area (Å²) in [5, 5.41) is 10.2. The van der Waals surface area contributed by atoms with Crippen LogP contribution in [-0.4, -0.2) is 37.5 Å². The van der Waals surface area contributed by atoms with Gasteiger partial charge in [-0.05, 0) is 66.3 Å². The van der Waals surface area contributed by atoms with Gasteiger partial charge in [0, 0.05) is 22.3 Å². The number of benzene rings is 2. The fourth-order valence-corrected chi connectivity index (χ4v) is 2.88. The van der Waals surface area contributed by atoms with E-state index < -0.39 is 0 Å². The van der Waals surface area contributed by atoms with Crippen LogP contribution < -0.4 is 25.5 Å². The largest absolute Gasteiger partial charge is 0.493 e. The molecule has 2 aromatic rings. The molecule has 9 heteroatoms. The highest BCUT2D eigenvalue weighted by Crippen LogP contribution is 2.33. The number of hydrogen-bond acceptors (Lipinski definition) is 5. The van der Waals surface area contributed by atoms with Gasteiger partial charge in [0.2, 0.25) is 0 Å². The maximum Gasteiger partial charge on any atom is 0.262 e. The summed E-state index contributed by atoms with van der Waals surface area (Å²) in [6.45, 7) is 4.49. The Kier molecular flexibility index (Phi) is 8.88. The molecule has 29 heavy (non-hydrogen) atoms. The van der Waals surface area contributed by atoms with Gasteiger partial charge in [-0.2, -0.15) is 5.10 Å². The lowest BCUT2D eigenvalue weighted by atomic mass is 10.2. The zero-order chi connectivity index (χ0) is 21.2. The number of thiocarbonyl (C=S) groups is 1. The third-order valence-electron chi connectivity index (χ3n) is 3.68. The summed E-state index contributed by atoms with van der Waals surface area (Å²) < 4.78 is 11.7. The molecule has 0 saturated carbocycles. The van der Waals surface area contributed by atoms with Crippen LogP contribution >= 0.6 is 28.1 Å². The van der Waals surface area contributed by atoms with E-state index in [1.807, 2.05) is 38.1 Å². The van der Waals surface area contributed by atoms with E-state index in [9.17, 15) is 4.79 Å². The topological polar surface area (TPSA) is 84.0 Å². The van der Waals surface area contributed by atoms with Gasteiger partial charge in [0.15, 0.2) is 23.2 Å². The first-order chi connectivity index (χ1) is 13.9. The predicted molar refractivity (Wildman–Crippen MR) is 123 cm³/mol. The molecule has 0 aliphatic heterocycles. The van der Waals surface area contributed by atoms with E-state index in [2.05, 4.69) is 37.1 Å².